The van der Waals surface area contributed by atoms with Crippen LogP contribution in [-0.4, -0.2) is 0 Å². The molecule has 0 fully saturated rings. The second kappa shape index (κ2) is 7.28. The Kier molecular flexibility index (Phi) is 5.84. The average Bonchev–Trinajstić information content (AvgIpc) is 2.29. The van der Waals surface area contributed by atoms with Gasteiger partial charge in [0, 0.05) is 0 Å². The van der Waals surface area contributed by atoms with Gasteiger partial charge in [0.2, 0.25) is 0 Å². The molecule has 0 aliphatic heterocycles. The van der Waals surface area contributed by atoms with Crippen LogP contribution < -0.4 is 0 Å². The minimum atomic E-state index is 1.12. The fourth-order valence-electron chi connectivity index (χ4n) is 1.74. The maximum Gasteiger partial charge on any atom is -0.0228 e. The van der Waals surface area contributed by atoms with Crippen molar-refractivity contribution in [2.45, 2.75) is 46.0 Å². The first kappa shape index (κ1) is 12.0. The highest BCUT2D eigenvalue weighted by Crippen LogP contribution is 2.12. The zero-order valence-electron chi connectivity index (χ0n) is 10.00. The van der Waals surface area contributed by atoms with Gasteiger partial charge >= 0.3 is 0 Å². The second-order valence-electron chi connectivity index (χ2n) is 3.95. The quantitative estimate of drug-likeness (QED) is 0.579. The summed E-state index contributed by atoms with van der Waals surface area (Å²) < 4.78 is 0. The van der Waals surface area contributed by atoms with Crippen LogP contribution >= 0.6 is 0 Å². The number of hydrogen-bond acceptors (Lipinski definition) is 0. The van der Waals surface area contributed by atoms with Gasteiger partial charge in [0.1, 0.15) is 0 Å². The molecule has 0 aromatic heterocycles. The first-order valence-electron chi connectivity index (χ1n) is 6.13. The van der Waals surface area contributed by atoms with Crippen molar-refractivity contribution in [2.24, 2.45) is 0 Å². The van der Waals surface area contributed by atoms with Crippen LogP contribution in [0.4, 0.5) is 0 Å². The lowest BCUT2D eigenvalue weighted by Crippen LogP contribution is -1.84. The van der Waals surface area contributed by atoms with Gasteiger partial charge in [-0.25, -0.2) is 0 Å². The van der Waals surface area contributed by atoms with Crippen LogP contribution in [0.1, 0.15) is 50.7 Å². The molecule has 0 saturated carbocycles. The van der Waals surface area contributed by atoms with Crippen LogP contribution in [0, 0.1) is 0 Å². The van der Waals surface area contributed by atoms with E-state index in [1.54, 1.807) is 0 Å². The lowest BCUT2D eigenvalue weighted by atomic mass is 10.0. The maximum atomic E-state index is 2.31. The normalized spacial score (nSPS) is 11.1. The van der Waals surface area contributed by atoms with E-state index >= 15 is 0 Å². The Hall–Kier alpha value is -1.04. The largest absolute Gasteiger partial charge is 0.0839 e. The third-order valence-corrected chi connectivity index (χ3v) is 2.71. The molecule has 0 unspecified atom stereocenters. The van der Waals surface area contributed by atoms with Gasteiger partial charge in [0.25, 0.3) is 0 Å². The lowest BCUT2D eigenvalue weighted by molar-refractivity contribution is 0.730. The van der Waals surface area contributed by atoms with Gasteiger partial charge in [-0.2, -0.15) is 0 Å². The molecule has 0 atom stereocenters. The molecule has 1 aromatic rings. The summed E-state index contributed by atoms with van der Waals surface area (Å²) in [5.41, 5.74) is 2.83. The van der Waals surface area contributed by atoms with E-state index in [1.165, 1.54) is 36.8 Å². The van der Waals surface area contributed by atoms with Gasteiger partial charge < -0.3 is 0 Å². The van der Waals surface area contributed by atoms with E-state index in [2.05, 4.69) is 50.3 Å². The minimum absolute atomic E-state index is 1.12. The van der Waals surface area contributed by atoms with Gasteiger partial charge in [-0.1, -0.05) is 63.1 Å². The Balaban J connectivity index is 2.48. The number of aryl methyl sites for hydroxylation is 1. The van der Waals surface area contributed by atoms with Crippen molar-refractivity contribution in [1.82, 2.24) is 0 Å². The molecule has 0 amide bonds. The zero-order chi connectivity index (χ0) is 10.9. The monoisotopic (exact) mass is 202 g/mol. The first-order chi connectivity index (χ1) is 7.38. The number of hydrogen-bond donors (Lipinski definition) is 0. The van der Waals surface area contributed by atoms with Crippen molar-refractivity contribution in [2.75, 3.05) is 0 Å². The Bertz CT molecular complexity index is 297. The van der Waals surface area contributed by atoms with Gasteiger partial charge in [0.05, 0.1) is 0 Å². The van der Waals surface area contributed by atoms with Crippen LogP contribution in [-0.2, 0) is 6.42 Å². The van der Waals surface area contributed by atoms with E-state index in [0.717, 1.165) is 6.42 Å². The van der Waals surface area contributed by atoms with Crippen LogP contribution in [0.5, 0.6) is 0 Å². The number of rotatable bonds is 6. The molecule has 0 nitrogen and oxygen atoms in total. The van der Waals surface area contributed by atoms with Crippen LogP contribution in [0.15, 0.2) is 30.3 Å². The minimum Gasteiger partial charge on any atom is -0.0839 e. The predicted molar refractivity (Wildman–Crippen MR) is 69.0 cm³/mol. The summed E-state index contributed by atoms with van der Waals surface area (Å²) in [6.07, 6.45) is 10.9. The van der Waals surface area contributed by atoms with Crippen molar-refractivity contribution in [3.8, 4) is 0 Å². The summed E-state index contributed by atoms with van der Waals surface area (Å²) in [6.45, 7) is 4.46. The molecule has 0 aliphatic rings. The highest BCUT2D eigenvalue weighted by molar-refractivity contribution is 5.53. The van der Waals surface area contributed by atoms with Gasteiger partial charge in [-0.05, 0) is 30.4 Å². The van der Waals surface area contributed by atoms with Crippen molar-refractivity contribution in [3.63, 3.8) is 0 Å². The maximum absolute atomic E-state index is 2.31. The van der Waals surface area contributed by atoms with E-state index in [-0.39, 0.29) is 0 Å². The van der Waals surface area contributed by atoms with E-state index in [9.17, 15) is 0 Å². The Morgan fingerprint density at radius 2 is 1.87 bits per heavy atom. The number of allylic oxidation sites excluding steroid dienone is 1. The molecular formula is C15H22. The Morgan fingerprint density at radius 1 is 1.07 bits per heavy atom. The van der Waals surface area contributed by atoms with E-state index in [0.29, 0.717) is 0 Å². The van der Waals surface area contributed by atoms with Crippen molar-refractivity contribution >= 4 is 6.08 Å². The predicted octanol–water partition coefficient (Wildman–Crippen LogP) is 4.84. The molecule has 0 saturated heterocycles. The summed E-state index contributed by atoms with van der Waals surface area (Å²) in [6, 6.07) is 8.65. The molecule has 0 N–H and O–H groups in total. The van der Waals surface area contributed by atoms with Crippen LogP contribution in [0.25, 0.3) is 6.08 Å². The van der Waals surface area contributed by atoms with Crippen molar-refractivity contribution in [3.05, 3.63) is 41.5 Å². The summed E-state index contributed by atoms with van der Waals surface area (Å²) in [5.74, 6) is 0. The van der Waals surface area contributed by atoms with E-state index < -0.39 is 0 Å². The Morgan fingerprint density at radius 3 is 2.60 bits per heavy atom. The van der Waals surface area contributed by atoms with Gasteiger partial charge in [-0.15, -0.1) is 0 Å². The molecule has 0 spiro atoms. The fourth-order valence-corrected chi connectivity index (χ4v) is 1.74. The lowest BCUT2D eigenvalue weighted by Gasteiger charge is -2.01. The van der Waals surface area contributed by atoms with Crippen LogP contribution in [0.2, 0.25) is 0 Å². The molecular weight excluding hydrogens is 180 g/mol. The number of benzene rings is 1. The smallest absolute Gasteiger partial charge is 0.0228 e. The molecule has 1 aromatic carbocycles. The molecule has 0 heteroatoms. The highest BCUT2D eigenvalue weighted by atomic mass is 14.0. The van der Waals surface area contributed by atoms with Crippen LogP contribution in [0.3, 0.4) is 0 Å². The van der Waals surface area contributed by atoms with Gasteiger partial charge in [0.15, 0.2) is 0 Å². The standard InChI is InChI=1S/C15H22/c1-3-5-6-7-8-12-15-13-10-9-11-14(15)4-2/h8-13H,3-7H2,1-2H3. The number of unbranched alkanes of at least 4 members (excludes halogenated alkanes) is 3. The molecule has 0 bridgehead atoms. The molecule has 0 aliphatic carbocycles. The van der Waals surface area contributed by atoms with Crippen molar-refractivity contribution < 1.29 is 0 Å². The molecule has 0 radical (unpaired) electrons. The summed E-state index contributed by atoms with van der Waals surface area (Å²) in [7, 11) is 0. The summed E-state index contributed by atoms with van der Waals surface area (Å²) in [5, 5.41) is 0. The van der Waals surface area contributed by atoms with Crippen molar-refractivity contribution in [1.29, 1.82) is 0 Å². The third-order valence-electron chi connectivity index (χ3n) is 2.71. The van der Waals surface area contributed by atoms with Gasteiger partial charge in [-0.3, -0.25) is 0 Å². The topological polar surface area (TPSA) is 0 Å². The summed E-state index contributed by atoms with van der Waals surface area (Å²) in [4.78, 5) is 0. The first-order valence-corrected chi connectivity index (χ1v) is 6.13. The zero-order valence-corrected chi connectivity index (χ0v) is 10.00. The molecule has 0 heterocycles. The van der Waals surface area contributed by atoms with E-state index in [1.807, 2.05) is 0 Å². The fraction of sp³-hybridized carbons (Fsp3) is 0.467. The molecule has 15 heavy (non-hydrogen) atoms. The summed E-state index contributed by atoms with van der Waals surface area (Å²) >= 11 is 0. The average molecular weight is 202 g/mol. The SMILES string of the molecule is CCCCCC=Cc1ccccc1CC. The van der Waals surface area contributed by atoms with E-state index in [4.69, 9.17) is 0 Å². The Labute approximate surface area is 94.0 Å². The highest BCUT2D eigenvalue weighted by Gasteiger charge is 1.93. The third kappa shape index (κ3) is 4.33. The molecule has 82 valence electrons. The molecule has 1 rings (SSSR count). The second-order valence-corrected chi connectivity index (χ2v) is 3.95.